The van der Waals surface area contributed by atoms with Crippen molar-refractivity contribution >= 4 is 23.4 Å². The molecule has 4 rings (SSSR count). The van der Waals surface area contributed by atoms with Gasteiger partial charge in [-0.25, -0.2) is 4.79 Å². The van der Waals surface area contributed by atoms with Crippen LogP contribution in [0.3, 0.4) is 0 Å². The molecule has 0 radical (unpaired) electrons. The van der Waals surface area contributed by atoms with Gasteiger partial charge in [0, 0.05) is 31.9 Å². The van der Waals surface area contributed by atoms with Crippen LogP contribution in [0.5, 0.6) is 0 Å². The standard InChI is InChI=1S/C21H28N4O4S/c1-3-25-18-15(11-21(12-22-19(18)26)4-6-29-7-5-21)16(23-25)9-13(2)8-14-10-17(20(27)28)30-24-14/h10,13H,3-9,11-12H2,1-2H3,(H,22,26)(H,27,28)/t13-/m0/s1. The number of carbonyl (C=O) groups excluding carboxylic acids is 1. The van der Waals surface area contributed by atoms with Crippen LogP contribution in [0.15, 0.2) is 6.07 Å². The molecule has 1 saturated heterocycles. The third-order valence-electron chi connectivity index (χ3n) is 6.25. The summed E-state index contributed by atoms with van der Waals surface area (Å²) in [6, 6.07) is 1.65. The van der Waals surface area contributed by atoms with Gasteiger partial charge >= 0.3 is 5.97 Å². The molecule has 0 saturated carbocycles. The Hall–Kier alpha value is -2.26. The summed E-state index contributed by atoms with van der Waals surface area (Å²) in [5.74, 6) is -0.742. The second kappa shape index (κ2) is 8.47. The first-order valence-electron chi connectivity index (χ1n) is 10.5. The zero-order valence-corrected chi connectivity index (χ0v) is 18.3. The van der Waals surface area contributed by atoms with Gasteiger partial charge < -0.3 is 15.2 Å². The number of nitrogens with zero attached hydrogens (tertiary/aromatic N) is 3. The molecule has 2 aromatic heterocycles. The second-order valence-electron chi connectivity index (χ2n) is 8.56. The fourth-order valence-corrected chi connectivity index (χ4v) is 5.21. The number of fused-ring (bicyclic) bond motifs is 1. The van der Waals surface area contributed by atoms with Crippen LogP contribution in [0.4, 0.5) is 0 Å². The largest absolute Gasteiger partial charge is 0.477 e. The monoisotopic (exact) mass is 432 g/mol. The van der Waals surface area contributed by atoms with Crippen molar-refractivity contribution in [2.24, 2.45) is 11.3 Å². The van der Waals surface area contributed by atoms with E-state index in [0.29, 0.717) is 25.2 Å². The number of rotatable bonds is 6. The van der Waals surface area contributed by atoms with Crippen LogP contribution in [0, 0.1) is 11.3 Å². The number of aryl methyl sites for hydroxylation is 1. The number of carboxylic acid groups (broad SMARTS) is 1. The van der Waals surface area contributed by atoms with Crippen LogP contribution in [0.1, 0.15) is 63.8 Å². The van der Waals surface area contributed by atoms with Gasteiger partial charge in [-0.15, -0.1) is 0 Å². The topological polar surface area (TPSA) is 106 Å². The molecule has 1 atom stereocenters. The van der Waals surface area contributed by atoms with Crippen LogP contribution in [-0.2, 0) is 30.5 Å². The average molecular weight is 433 g/mol. The molecule has 8 nitrogen and oxygen atoms in total. The summed E-state index contributed by atoms with van der Waals surface area (Å²) >= 11 is 1.02. The van der Waals surface area contributed by atoms with E-state index in [0.717, 1.165) is 67.4 Å². The number of carbonyl (C=O) groups is 2. The maximum Gasteiger partial charge on any atom is 0.347 e. The molecule has 2 aliphatic heterocycles. The normalized spacial score (nSPS) is 19.2. The number of nitrogens with one attached hydrogen (secondary N) is 1. The molecule has 2 N–H and O–H groups in total. The first-order valence-corrected chi connectivity index (χ1v) is 11.3. The van der Waals surface area contributed by atoms with Crippen molar-refractivity contribution < 1.29 is 19.4 Å². The van der Waals surface area contributed by atoms with Crippen LogP contribution < -0.4 is 5.32 Å². The van der Waals surface area contributed by atoms with Crippen LogP contribution in [0.25, 0.3) is 0 Å². The Morgan fingerprint density at radius 1 is 1.40 bits per heavy atom. The number of amides is 1. The second-order valence-corrected chi connectivity index (χ2v) is 9.37. The molecular weight excluding hydrogens is 404 g/mol. The molecule has 2 aliphatic rings. The highest BCUT2D eigenvalue weighted by atomic mass is 32.1. The molecule has 162 valence electrons. The minimum absolute atomic E-state index is 0.0318. The summed E-state index contributed by atoms with van der Waals surface area (Å²) in [6.45, 7) is 6.92. The van der Waals surface area contributed by atoms with Gasteiger partial charge in [-0.1, -0.05) is 6.92 Å². The van der Waals surface area contributed by atoms with Gasteiger partial charge in [0.25, 0.3) is 5.91 Å². The van der Waals surface area contributed by atoms with E-state index in [9.17, 15) is 9.59 Å². The lowest BCUT2D eigenvalue weighted by Gasteiger charge is -2.36. The fraction of sp³-hybridized carbons (Fsp3) is 0.619. The number of carboxylic acids is 1. The van der Waals surface area contributed by atoms with E-state index in [4.69, 9.17) is 14.9 Å². The number of aromatic carboxylic acids is 1. The van der Waals surface area contributed by atoms with E-state index >= 15 is 0 Å². The highest BCUT2D eigenvalue weighted by Crippen LogP contribution is 2.38. The van der Waals surface area contributed by atoms with E-state index in [1.54, 1.807) is 6.07 Å². The molecular formula is C21H28N4O4S. The zero-order chi connectivity index (χ0) is 21.3. The van der Waals surface area contributed by atoms with Gasteiger partial charge in [0.1, 0.15) is 10.6 Å². The van der Waals surface area contributed by atoms with Gasteiger partial charge in [0.15, 0.2) is 0 Å². The van der Waals surface area contributed by atoms with Crippen LogP contribution in [-0.4, -0.2) is 50.9 Å². The molecule has 30 heavy (non-hydrogen) atoms. The Kier molecular flexibility index (Phi) is 5.92. The van der Waals surface area contributed by atoms with Gasteiger partial charge in [0.05, 0.1) is 11.4 Å². The van der Waals surface area contributed by atoms with Crippen molar-refractivity contribution in [2.75, 3.05) is 19.8 Å². The lowest BCUT2D eigenvalue weighted by molar-refractivity contribution is 0.0160. The molecule has 2 aromatic rings. The molecule has 4 heterocycles. The third-order valence-corrected chi connectivity index (χ3v) is 7.06. The lowest BCUT2D eigenvalue weighted by Crippen LogP contribution is -2.40. The van der Waals surface area contributed by atoms with Crippen molar-refractivity contribution in [3.05, 3.63) is 33.6 Å². The van der Waals surface area contributed by atoms with Crippen molar-refractivity contribution in [3.8, 4) is 0 Å². The predicted molar refractivity (Wildman–Crippen MR) is 112 cm³/mol. The van der Waals surface area contributed by atoms with Gasteiger partial charge in [0.2, 0.25) is 0 Å². The predicted octanol–water partition coefficient (Wildman–Crippen LogP) is 2.56. The molecule has 1 spiro atoms. The molecule has 0 unspecified atom stereocenters. The van der Waals surface area contributed by atoms with E-state index in [1.165, 1.54) is 0 Å². The minimum atomic E-state index is -0.939. The summed E-state index contributed by atoms with van der Waals surface area (Å²) in [4.78, 5) is 24.3. The Bertz CT molecular complexity index is 945. The van der Waals surface area contributed by atoms with Crippen LogP contribution in [0.2, 0.25) is 0 Å². The smallest absolute Gasteiger partial charge is 0.347 e. The Morgan fingerprint density at radius 2 is 2.17 bits per heavy atom. The van der Waals surface area contributed by atoms with Crippen molar-refractivity contribution in [1.29, 1.82) is 0 Å². The molecule has 1 fully saturated rings. The summed E-state index contributed by atoms with van der Waals surface area (Å²) in [7, 11) is 0. The first kappa shape index (κ1) is 21.0. The average Bonchev–Trinajstić information content (AvgIpc) is 3.28. The number of hydrogen-bond donors (Lipinski definition) is 2. The number of ether oxygens (including phenoxy) is 1. The number of aromatic nitrogens is 3. The zero-order valence-electron chi connectivity index (χ0n) is 17.4. The first-order chi connectivity index (χ1) is 14.4. The van der Waals surface area contributed by atoms with Gasteiger partial charge in [-0.2, -0.15) is 9.47 Å². The van der Waals surface area contributed by atoms with E-state index in [2.05, 4.69) is 16.6 Å². The Morgan fingerprint density at radius 3 is 2.83 bits per heavy atom. The summed E-state index contributed by atoms with van der Waals surface area (Å²) < 4.78 is 11.7. The maximum atomic E-state index is 12.9. The fourth-order valence-electron chi connectivity index (χ4n) is 4.60. The van der Waals surface area contributed by atoms with E-state index < -0.39 is 5.97 Å². The van der Waals surface area contributed by atoms with E-state index in [-0.39, 0.29) is 22.1 Å². The lowest BCUT2D eigenvalue weighted by atomic mass is 9.75. The summed E-state index contributed by atoms with van der Waals surface area (Å²) in [6.07, 6.45) is 4.13. The summed E-state index contributed by atoms with van der Waals surface area (Å²) in [5.41, 5.74) is 3.58. The molecule has 0 bridgehead atoms. The Labute approximate surface area is 179 Å². The van der Waals surface area contributed by atoms with Crippen molar-refractivity contribution in [2.45, 2.75) is 52.5 Å². The van der Waals surface area contributed by atoms with E-state index in [1.807, 2.05) is 11.6 Å². The Balaban J connectivity index is 1.59. The molecule has 0 aliphatic carbocycles. The van der Waals surface area contributed by atoms with Gasteiger partial charge in [-0.05, 0) is 68.0 Å². The molecule has 9 heteroatoms. The SMILES string of the molecule is CCn1nc(C[C@@H](C)Cc2cc(C(=O)O)sn2)c2c1C(=O)NCC1(CCOCC1)C2. The van der Waals surface area contributed by atoms with Gasteiger partial charge in [-0.3, -0.25) is 9.48 Å². The molecule has 1 amide bonds. The quantitative estimate of drug-likeness (QED) is 0.727. The van der Waals surface area contributed by atoms with Crippen molar-refractivity contribution in [1.82, 2.24) is 19.5 Å². The number of hydrogen-bond acceptors (Lipinski definition) is 6. The minimum Gasteiger partial charge on any atom is -0.477 e. The maximum absolute atomic E-state index is 12.9. The van der Waals surface area contributed by atoms with Crippen LogP contribution >= 0.6 is 11.5 Å². The van der Waals surface area contributed by atoms with Crippen molar-refractivity contribution in [3.63, 3.8) is 0 Å². The highest BCUT2D eigenvalue weighted by Gasteiger charge is 2.39. The highest BCUT2D eigenvalue weighted by molar-refractivity contribution is 7.08. The third kappa shape index (κ3) is 4.13. The summed E-state index contributed by atoms with van der Waals surface area (Å²) in [5, 5.41) is 17.1. The molecule has 0 aromatic carbocycles.